The van der Waals surface area contributed by atoms with Crippen LogP contribution in [0.1, 0.15) is 724 Å². The Hall–Kier alpha value is -2.61. The standard InChI is InChI=1S/C85H146N2.2C23H47.Ni/c1-9-17-25-30-32-33-34-35-36-37-38-39-40-41-42-43-44-45-46-47-48-49-50-51-52-59-66-79(74-87-86)84(69-61-53-31-26-18-10-2)85(80-70-75(62-54-22-14-6)82(67-56-24-16-8)76(71-80)63-55-23-15-7)81-72-77(64-57-27-19-11-3)83(68-60-29-21-13-5)78(73-81)65-58-28-20-12-4;2*1-3-5-7-9-11-13-15-17-19-21-23-22-20-18-16-14-12-10-8-6-4-2;/h70-73H,9-58,60-65,67-69H2,1-8H3;2*1,3-23H2,2H3;/q;2*-1;+2. The van der Waals surface area contributed by atoms with Crippen LogP contribution in [0.15, 0.2) is 35.4 Å². The minimum atomic E-state index is 0. The van der Waals surface area contributed by atoms with Gasteiger partial charge in [-0.15, -0.1) is 4.79 Å². The van der Waals surface area contributed by atoms with Crippen molar-refractivity contribution in [2.24, 2.45) is 0 Å². The first kappa shape index (κ1) is 133. The second-order valence-electron chi connectivity index (χ2n) is 42.6. The van der Waals surface area contributed by atoms with Gasteiger partial charge in [0.25, 0.3) is 0 Å². The molecule has 0 spiro atoms. The van der Waals surface area contributed by atoms with E-state index in [2.05, 4.69) is 130 Å². The van der Waals surface area contributed by atoms with E-state index in [9.17, 15) is 5.53 Å². The summed E-state index contributed by atoms with van der Waals surface area (Å²) in [5, 5.41) is 0. The molecule has 0 atom stereocenters. The Morgan fingerprint density at radius 1 is 0.224 bits per heavy atom. The molecule has 0 aliphatic heterocycles. The smallest absolute Gasteiger partial charge is 0.348 e. The molecule has 0 saturated heterocycles. The van der Waals surface area contributed by atoms with Crippen LogP contribution in [-0.2, 0) is 55.0 Å². The molecule has 0 radical (unpaired) electrons. The van der Waals surface area contributed by atoms with Crippen LogP contribution in [0.2, 0.25) is 0 Å². The monoisotopic (exact) mass is 1900 g/mol. The molecular formula is C131H240N2Ni. The van der Waals surface area contributed by atoms with Gasteiger partial charge in [-0.2, -0.15) is 12.8 Å². The first-order chi connectivity index (χ1) is 65.8. The van der Waals surface area contributed by atoms with Crippen LogP contribution in [-0.4, -0.2) is 10.7 Å². The predicted molar refractivity (Wildman–Crippen MR) is 607 cm³/mol. The third kappa shape index (κ3) is 86.1. The predicted octanol–water partition coefficient (Wildman–Crippen LogP) is 46.5. The number of aryl methyl sites for hydroxylation is 4. The number of rotatable bonds is 101. The van der Waals surface area contributed by atoms with Crippen LogP contribution in [0, 0.1) is 25.7 Å². The maximum absolute atomic E-state index is 10.7. The minimum Gasteiger partial charge on any atom is -0.348 e. The zero-order valence-electron chi connectivity index (χ0n) is 93.4. The molecule has 0 aliphatic rings. The molecule has 0 saturated carbocycles. The van der Waals surface area contributed by atoms with Crippen molar-refractivity contribution in [2.45, 2.75) is 718 Å². The maximum Gasteiger partial charge on any atom is 2.00 e. The average molecular weight is 1900 g/mol. The normalized spacial score (nSPS) is 11.4. The molecular weight excluding hydrogens is 1660 g/mol. The van der Waals surface area contributed by atoms with Crippen molar-refractivity contribution in [2.75, 3.05) is 0 Å². The van der Waals surface area contributed by atoms with Gasteiger partial charge in [0.15, 0.2) is 5.57 Å². The Morgan fingerprint density at radius 3 is 0.612 bits per heavy atom. The fourth-order valence-corrected chi connectivity index (χ4v) is 20.7. The van der Waals surface area contributed by atoms with Gasteiger partial charge in [0.1, 0.15) is 0 Å². The molecule has 784 valence electrons. The number of nitrogens with zero attached hydrogens (tertiary/aromatic N) is 2. The summed E-state index contributed by atoms with van der Waals surface area (Å²) in [5.41, 5.74) is 26.6. The third-order valence-electron chi connectivity index (χ3n) is 29.6. The Morgan fingerprint density at radius 2 is 0.396 bits per heavy atom. The van der Waals surface area contributed by atoms with Crippen molar-refractivity contribution in [3.63, 3.8) is 0 Å². The average Bonchev–Trinajstić information content (AvgIpc) is 0.768. The number of hydrogen-bond donors (Lipinski definition) is 0. The fourth-order valence-electron chi connectivity index (χ4n) is 20.7. The van der Waals surface area contributed by atoms with E-state index in [0.29, 0.717) is 0 Å². The van der Waals surface area contributed by atoms with Crippen LogP contribution in [0.5, 0.6) is 0 Å². The summed E-state index contributed by atoms with van der Waals surface area (Å²) in [6, 6.07) is 10.7. The molecule has 2 aromatic rings. The maximum atomic E-state index is 10.7. The van der Waals surface area contributed by atoms with E-state index in [4.69, 9.17) is 0 Å². The second-order valence-corrected chi connectivity index (χ2v) is 42.6. The van der Waals surface area contributed by atoms with Gasteiger partial charge in [-0.25, -0.2) is 0 Å². The molecule has 0 aliphatic carbocycles. The SMILES string of the molecule is CCCCCCCCCCCCCCCCCCCCCCCCCCC#CC(=C=[N+]=[N-])C(CCCCCCCC)=C(c1cc(CCCCC)c(CCCCC)c(CCCCC)c1)c1cc(CCCCCC)c(CCCCCC)c(CCCCCC)c1.[CH2-]CCCCCCCCCCCCCCCCCCCCCC.[CH2-]CCCCCCCCCCCCCCCCCCCCCC.[Ni+2]. The van der Waals surface area contributed by atoms with Gasteiger partial charge in [0.2, 0.25) is 0 Å². The summed E-state index contributed by atoms with van der Waals surface area (Å²) in [6.07, 6.45) is 137. The molecule has 2 aromatic carbocycles. The van der Waals surface area contributed by atoms with Crippen molar-refractivity contribution < 1.29 is 21.3 Å². The summed E-state index contributed by atoms with van der Waals surface area (Å²) in [7, 11) is 0. The van der Waals surface area contributed by atoms with Gasteiger partial charge in [0, 0.05) is 6.42 Å². The van der Waals surface area contributed by atoms with Crippen molar-refractivity contribution in [1.29, 1.82) is 0 Å². The number of allylic oxidation sites excluding steroid dienone is 2. The number of benzene rings is 2. The largest absolute Gasteiger partial charge is 2.00 e. The van der Waals surface area contributed by atoms with E-state index >= 15 is 0 Å². The molecule has 2 rings (SSSR count). The molecule has 0 aromatic heterocycles. The Bertz CT molecular complexity index is 2720. The van der Waals surface area contributed by atoms with Gasteiger partial charge in [0.05, 0.1) is 0 Å². The van der Waals surface area contributed by atoms with Crippen LogP contribution >= 0.6 is 0 Å². The second kappa shape index (κ2) is 112. The molecule has 0 bridgehead atoms. The van der Waals surface area contributed by atoms with Gasteiger partial charge in [-0.05, 0) is 152 Å². The topological polar surface area (TPSA) is 36.4 Å². The molecule has 0 heterocycles. The summed E-state index contributed by atoms with van der Waals surface area (Å²) in [5.74, 6) is 10.7. The van der Waals surface area contributed by atoms with E-state index in [-0.39, 0.29) is 16.5 Å². The van der Waals surface area contributed by atoms with Crippen LogP contribution in [0.4, 0.5) is 0 Å². The molecule has 2 nitrogen and oxygen atoms in total. The molecule has 0 unspecified atom stereocenters. The summed E-state index contributed by atoms with van der Waals surface area (Å²) in [6.45, 7) is 31.2. The van der Waals surface area contributed by atoms with E-state index in [1.54, 1.807) is 33.4 Å². The van der Waals surface area contributed by atoms with Gasteiger partial charge >= 0.3 is 22.4 Å². The number of hydrogen-bond acceptors (Lipinski definition) is 0. The molecule has 134 heavy (non-hydrogen) atoms. The molecule has 3 heteroatoms. The summed E-state index contributed by atoms with van der Waals surface area (Å²) >= 11 is 0. The van der Waals surface area contributed by atoms with Gasteiger partial charge in [-0.3, -0.25) is 0 Å². The number of unbranched alkanes of at least 4 members (excludes halogenated alkanes) is 84. The van der Waals surface area contributed by atoms with E-state index in [1.165, 1.54) is 607 Å². The molecule has 0 fully saturated rings. The summed E-state index contributed by atoms with van der Waals surface area (Å²) in [4.78, 5) is 3.79. The zero-order chi connectivity index (χ0) is 96.4. The molecule has 0 amide bonds. The minimum absolute atomic E-state index is 0. The Labute approximate surface area is 855 Å². The van der Waals surface area contributed by atoms with E-state index in [0.717, 1.165) is 69.8 Å². The third-order valence-corrected chi connectivity index (χ3v) is 29.6. The Balaban J connectivity index is 0. The van der Waals surface area contributed by atoms with Gasteiger partial charge in [-0.1, -0.05) is 638 Å². The van der Waals surface area contributed by atoms with Crippen molar-refractivity contribution in [3.8, 4) is 11.8 Å². The quantitative estimate of drug-likeness (QED) is 0.00925. The van der Waals surface area contributed by atoms with E-state index in [1.807, 2.05) is 0 Å². The zero-order valence-corrected chi connectivity index (χ0v) is 94.3. The van der Waals surface area contributed by atoms with Crippen molar-refractivity contribution in [3.05, 3.63) is 99.3 Å². The van der Waals surface area contributed by atoms with Crippen LogP contribution in [0.3, 0.4) is 0 Å². The van der Waals surface area contributed by atoms with Crippen molar-refractivity contribution >= 4 is 11.4 Å². The molecule has 0 N–H and O–H groups in total. The van der Waals surface area contributed by atoms with Gasteiger partial charge < -0.3 is 19.4 Å². The van der Waals surface area contributed by atoms with Crippen LogP contribution in [0.25, 0.3) is 11.1 Å². The van der Waals surface area contributed by atoms with E-state index < -0.39 is 0 Å². The van der Waals surface area contributed by atoms with Crippen LogP contribution < -0.4 is 0 Å². The first-order valence-electron chi connectivity index (χ1n) is 61.9. The first-order valence-corrected chi connectivity index (χ1v) is 61.9. The summed E-state index contributed by atoms with van der Waals surface area (Å²) < 4.78 is 0. The fraction of sp³-hybridized carbons (Fsp3) is 0.847. The Kier molecular flexibility index (Phi) is 112. The van der Waals surface area contributed by atoms with Crippen molar-refractivity contribution in [1.82, 2.24) is 0 Å².